The molecule has 0 aromatic carbocycles. The number of aromatic amines is 1. The minimum absolute atomic E-state index is 0.352. The maximum atomic E-state index is 5.35. The maximum absolute atomic E-state index is 5.35. The highest BCUT2D eigenvalue weighted by Crippen LogP contribution is 2.22. The third-order valence-corrected chi connectivity index (χ3v) is 2.56. The van der Waals surface area contributed by atoms with Crippen molar-refractivity contribution in [2.75, 3.05) is 37.1 Å². The standard InChI is InChI=1S/C10H17N7O/c1-3-18-5-4-17(2)9-7-6-12-16-8(7)13-10(14-9)15-11/h6H,3-5,11H2,1-2H3,(H2,12,13,14,15,16). The average Bonchev–Trinajstić information content (AvgIpc) is 2.85. The van der Waals surface area contributed by atoms with E-state index in [2.05, 4.69) is 25.6 Å². The lowest BCUT2D eigenvalue weighted by atomic mass is 10.3. The second-order valence-electron chi connectivity index (χ2n) is 3.77. The van der Waals surface area contributed by atoms with Crippen LogP contribution in [0, 0.1) is 0 Å². The molecule has 0 atom stereocenters. The number of anilines is 2. The topological polar surface area (TPSA) is 105 Å². The van der Waals surface area contributed by atoms with Crippen LogP contribution in [0.4, 0.5) is 11.8 Å². The number of rotatable bonds is 6. The van der Waals surface area contributed by atoms with Gasteiger partial charge in [-0.15, -0.1) is 0 Å². The van der Waals surface area contributed by atoms with Crippen molar-refractivity contribution < 1.29 is 4.74 Å². The van der Waals surface area contributed by atoms with Crippen molar-refractivity contribution in [1.29, 1.82) is 0 Å². The Labute approximate surface area is 105 Å². The number of ether oxygens (including phenoxy) is 1. The first kappa shape index (κ1) is 12.5. The molecule has 0 aliphatic rings. The van der Waals surface area contributed by atoms with Gasteiger partial charge in [0.1, 0.15) is 5.82 Å². The highest BCUT2D eigenvalue weighted by Gasteiger charge is 2.12. The fourth-order valence-electron chi connectivity index (χ4n) is 1.63. The van der Waals surface area contributed by atoms with Crippen LogP contribution in [-0.2, 0) is 4.74 Å². The molecule has 0 aliphatic heterocycles. The van der Waals surface area contributed by atoms with E-state index in [9.17, 15) is 0 Å². The number of nitrogen functional groups attached to an aromatic ring is 1. The molecule has 8 nitrogen and oxygen atoms in total. The SMILES string of the molecule is CCOCCN(C)c1nc(NN)nc2[nH]ncc12. The smallest absolute Gasteiger partial charge is 0.241 e. The minimum atomic E-state index is 0.352. The summed E-state index contributed by atoms with van der Waals surface area (Å²) >= 11 is 0. The van der Waals surface area contributed by atoms with Gasteiger partial charge in [0.2, 0.25) is 5.95 Å². The van der Waals surface area contributed by atoms with Crippen LogP contribution in [0.1, 0.15) is 6.92 Å². The first-order chi connectivity index (χ1) is 8.76. The van der Waals surface area contributed by atoms with Gasteiger partial charge in [-0.25, -0.2) is 5.84 Å². The summed E-state index contributed by atoms with van der Waals surface area (Å²) in [4.78, 5) is 10.5. The van der Waals surface area contributed by atoms with Gasteiger partial charge < -0.3 is 9.64 Å². The molecule has 0 bridgehead atoms. The van der Waals surface area contributed by atoms with E-state index in [1.54, 1.807) is 6.20 Å². The van der Waals surface area contributed by atoms with Gasteiger partial charge in [0.25, 0.3) is 0 Å². The largest absolute Gasteiger partial charge is 0.380 e. The van der Waals surface area contributed by atoms with Gasteiger partial charge in [-0.3, -0.25) is 10.5 Å². The van der Waals surface area contributed by atoms with Crippen LogP contribution in [-0.4, -0.2) is 47.0 Å². The van der Waals surface area contributed by atoms with Crippen molar-refractivity contribution in [3.8, 4) is 0 Å². The normalized spacial score (nSPS) is 10.8. The number of nitrogens with two attached hydrogens (primary N) is 1. The maximum Gasteiger partial charge on any atom is 0.241 e. The highest BCUT2D eigenvalue weighted by atomic mass is 16.5. The summed E-state index contributed by atoms with van der Waals surface area (Å²) in [7, 11) is 1.94. The van der Waals surface area contributed by atoms with Crippen LogP contribution in [0.2, 0.25) is 0 Å². The van der Waals surface area contributed by atoms with Gasteiger partial charge in [-0.05, 0) is 6.92 Å². The summed E-state index contributed by atoms with van der Waals surface area (Å²) in [6.45, 7) is 4.04. The molecular weight excluding hydrogens is 234 g/mol. The summed E-state index contributed by atoms with van der Waals surface area (Å²) < 4.78 is 5.33. The van der Waals surface area contributed by atoms with Crippen molar-refractivity contribution in [3.05, 3.63) is 6.20 Å². The summed E-state index contributed by atoms with van der Waals surface area (Å²) in [6, 6.07) is 0. The monoisotopic (exact) mass is 251 g/mol. The number of hydrogen-bond acceptors (Lipinski definition) is 7. The predicted octanol–water partition coefficient (Wildman–Crippen LogP) is 0.111. The van der Waals surface area contributed by atoms with E-state index in [0.717, 1.165) is 17.7 Å². The van der Waals surface area contributed by atoms with E-state index >= 15 is 0 Å². The van der Waals surface area contributed by atoms with Crippen molar-refractivity contribution in [1.82, 2.24) is 20.2 Å². The van der Waals surface area contributed by atoms with E-state index < -0.39 is 0 Å². The molecule has 0 saturated heterocycles. The molecule has 8 heteroatoms. The Hall–Kier alpha value is -1.93. The Morgan fingerprint density at radius 2 is 2.33 bits per heavy atom. The van der Waals surface area contributed by atoms with Crippen molar-refractivity contribution in [3.63, 3.8) is 0 Å². The lowest BCUT2D eigenvalue weighted by Gasteiger charge is -2.18. The van der Waals surface area contributed by atoms with E-state index in [-0.39, 0.29) is 0 Å². The average molecular weight is 251 g/mol. The predicted molar refractivity (Wildman–Crippen MR) is 69.3 cm³/mol. The fourth-order valence-corrected chi connectivity index (χ4v) is 1.63. The van der Waals surface area contributed by atoms with Gasteiger partial charge in [0, 0.05) is 20.2 Å². The van der Waals surface area contributed by atoms with Crippen molar-refractivity contribution >= 4 is 22.8 Å². The quantitative estimate of drug-likeness (QED) is 0.380. The van der Waals surface area contributed by atoms with Gasteiger partial charge in [0.05, 0.1) is 18.2 Å². The molecule has 0 fully saturated rings. The van der Waals surface area contributed by atoms with Gasteiger partial charge >= 0.3 is 0 Å². The number of likely N-dealkylation sites (N-methyl/N-ethyl adjacent to an activating group) is 1. The lowest BCUT2D eigenvalue weighted by molar-refractivity contribution is 0.154. The number of fused-ring (bicyclic) bond motifs is 1. The molecule has 0 unspecified atom stereocenters. The van der Waals surface area contributed by atoms with Gasteiger partial charge in [0.15, 0.2) is 5.65 Å². The van der Waals surface area contributed by atoms with Crippen LogP contribution in [0.3, 0.4) is 0 Å². The third-order valence-electron chi connectivity index (χ3n) is 2.56. The molecule has 18 heavy (non-hydrogen) atoms. The molecule has 0 aliphatic carbocycles. The number of aromatic nitrogens is 4. The number of nitrogens with zero attached hydrogens (tertiary/aromatic N) is 4. The summed E-state index contributed by atoms with van der Waals surface area (Å²) in [5.74, 6) is 6.46. The van der Waals surface area contributed by atoms with E-state index in [1.807, 2.05) is 18.9 Å². The minimum Gasteiger partial charge on any atom is -0.380 e. The molecule has 2 rings (SSSR count). The Morgan fingerprint density at radius 3 is 3.06 bits per heavy atom. The summed E-state index contributed by atoms with van der Waals surface area (Å²) in [5, 5.41) is 7.62. The molecular formula is C10H17N7O. The third kappa shape index (κ3) is 2.49. The fraction of sp³-hybridized carbons (Fsp3) is 0.500. The molecule has 0 amide bonds. The summed E-state index contributed by atoms with van der Waals surface area (Å²) in [5.41, 5.74) is 3.09. The number of nitrogens with one attached hydrogen (secondary N) is 2. The summed E-state index contributed by atoms with van der Waals surface area (Å²) in [6.07, 6.45) is 1.70. The van der Waals surface area contributed by atoms with Crippen LogP contribution >= 0.6 is 0 Å². The van der Waals surface area contributed by atoms with Gasteiger partial charge in [-0.2, -0.15) is 15.1 Å². The zero-order chi connectivity index (χ0) is 13.0. The van der Waals surface area contributed by atoms with E-state index in [4.69, 9.17) is 10.6 Å². The first-order valence-electron chi connectivity index (χ1n) is 5.73. The lowest BCUT2D eigenvalue weighted by Crippen LogP contribution is -2.24. The van der Waals surface area contributed by atoms with Crippen LogP contribution in [0.25, 0.3) is 11.0 Å². The Morgan fingerprint density at radius 1 is 1.50 bits per heavy atom. The molecule has 2 heterocycles. The van der Waals surface area contributed by atoms with E-state index in [1.165, 1.54) is 0 Å². The number of hydrazine groups is 1. The zero-order valence-electron chi connectivity index (χ0n) is 10.5. The highest BCUT2D eigenvalue weighted by molar-refractivity contribution is 5.87. The first-order valence-corrected chi connectivity index (χ1v) is 5.73. The Kier molecular flexibility index (Phi) is 3.90. The molecule has 0 radical (unpaired) electrons. The second kappa shape index (κ2) is 5.61. The Bertz CT molecular complexity index is 512. The van der Waals surface area contributed by atoms with Crippen LogP contribution in [0.15, 0.2) is 6.20 Å². The van der Waals surface area contributed by atoms with Crippen LogP contribution < -0.4 is 16.2 Å². The van der Waals surface area contributed by atoms with Crippen LogP contribution in [0.5, 0.6) is 0 Å². The number of hydrogen-bond donors (Lipinski definition) is 3. The molecule has 0 saturated carbocycles. The number of H-pyrrole nitrogens is 1. The molecule has 2 aromatic heterocycles. The van der Waals surface area contributed by atoms with Crippen molar-refractivity contribution in [2.24, 2.45) is 5.84 Å². The van der Waals surface area contributed by atoms with E-state index in [0.29, 0.717) is 24.8 Å². The van der Waals surface area contributed by atoms with Crippen molar-refractivity contribution in [2.45, 2.75) is 6.92 Å². The second-order valence-corrected chi connectivity index (χ2v) is 3.77. The molecule has 2 aromatic rings. The molecule has 0 spiro atoms. The molecule has 98 valence electrons. The Balaban J connectivity index is 2.27. The molecule has 4 N–H and O–H groups in total. The van der Waals surface area contributed by atoms with Gasteiger partial charge in [-0.1, -0.05) is 0 Å². The zero-order valence-corrected chi connectivity index (χ0v) is 10.5.